The molecule has 1 aliphatic carbocycles. The van der Waals surface area contributed by atoms with E-state index >= 15 is 0 Å². The molecule has 3 heteroatoms. The van der Waals surface area contributed by atoms with Gasteiger partial charge in [0, 0.05) is 0 Å². The summed E-state index contributed by atoms with van der Waals surface area (Å²) in [4.78, 5) is 3.96. The number of hydrogen-bond donors (Lipinski definition) is 2. The Bertz CT molecular complexity index is 206. The van der Waals surface area contributed by atoms with E-state index in [4.69, 9.17) is 5.11 Å². The predicted octanol–water partition coefficient (Wildman–Crippen LogP) is -0.0934. The Hall–Kier alpha value is -0.930. The van der Waals surface area contributed by atoms with Crippen molar-refractivity contribution in [2.45, 2.75) is 6.10 Å². The van der Waals surface area contributed by atoms with Gasteiger partial charge in [0.1, 0.15) is 6.10 Å². The van der Waals surface area contributed by atoms with E-state index in [-0.39, 0.29) is 6.61 Å². The molecule has 0 aromatic heterocycles. The molecule has 1 atom stereocenters. The second-order valence-electron chi connectivity index (χ2n) is 2.22. The molecular weight excluding hydrogens is 142 g/mol. The van der Waals surface area contributed by atoms with Gasteiger partial charge in [-0.25, -0.2) is 0 Å². The monoisotopic (exact) mass is 153 g/mol. The zero-order valence-corrected chi connectivity index (χ0v) is 6.14. The predicted molar refractivity (Wildman–Crippen MR) is 43.7 cm³/mol. The first kappa shape index (κ1) is 8.17. The maximum Gasteiger partial charge on any atom is 0.114 e. The molecule has 1 aliphatic rings. The van der Waals surface area contributed by atoms with Crippen molar-refractivity contribution in [2.75, 3.05) is 13.2 Å². The lowest BCUT2D eigenvalue weighted by molar-refractivity contribution is 0.286. The molecule has 3 nitrogen and oxygen atoms in total. The molecule has 60 valence electrons. The smallest absolute Gasteiger partial charge is 0.114 e. The van der Waals surface area contributed by atoms with E-state index in [2.05, 4.69) is 4.99 Å². The molecule has 0 saturated carbocycles. The van der Waals surface area contributed by atoms with Gasteiger partial charge in [0.15, 0.2) is 0 Å². The largest absolute Gasteiger partial charge is 0.394 e. The average Bonchev–Trinajstić information content (AvgIpc) is 2.03. The van der Waals surface area contributed by atoms with Crippen LogP contribution in [0.15, 0.2) is 29.3 Å². The first-order chi connectivity index (χ1) is 5.34. The minimum Gasteiger partial charge on any atom is -0.394 e. The second kappa shape index (κ2) is 4.05. The summed E-state index contributed by atoms with van der Waals surface area (Å²) < 4.78 is 0. The van der Waals surface area contributed by atoms with Crippen molar-refractivity contribution in [1.82, 2.24) is 0 Å². The first-order valence-corrected chi connectivity index (χ1v) is 3.52. The molecule has 0 amide bonds. The summed E-state index contributed by atoms with van der Waals surface area (Å²) in [6.07, 6.45) is 6.36. The summed E-state index contributed by atoms with van der Waals surface area (Å²) in [6.45, 7) is 0.373. The highest BCUT2D eigenvalue weighted by molar-refractivity contribution is 6.00. The molecule has 0 radical (unpaired) electrons. The lowest BCUT2D eigenvalue weighted by Crippen LogP contribution is -2.18. The molecule has 0 heterocycles. The van der Waals surface area contributed by atoms with Gasteiger partial charge in [-0.05, 0) is 6.08 Å². The standard InChI is InChI=1S/C8H11NO2/c10-6-5-9-7-3-1-2-4-8(7)11/h1-4,8,10-11H,5-6H2. The fourth-order valence-electron chi connectivity index (χ4n) is 0.846. The van der Waals surface area contributed by atoms with E-state index in [1.807, 2.05) is 6.08 Å². The molecule has 0 aliphatic heterocycles. The lowest BCUT2D eigenvalue weighted by Gasteiger charge is -2.08. The zero-order valence-electron chi connectivity index (χ0n) is 6.14. The summed E-state index contributed by atoms with van der Waals surface area (Å²) in [5, 5.41) is 17.7. The molecule has 0 aromatic rings. The van der Waals surface area contributed by atoms with E-state index in [0.29, 0.717) is 12.3 Å². The summed E-state index contributed by atoms with van der Waals surface area (Å²) in [5.41, 5.74) is 0.613. The van der Waals surface area contributed by atoms with Crippen LogP contribution < -0.4 is 0 Å². The van der Waals surface area contributed by atoms with Gasteiger partial charge >= 0.3 is 0 Å². The molecule has 1 rings (SSSR count). The van der Waals surface area contributed by atoms with Crippen LogP contribution in [0.5, 0.6) is 0 Å². The molecule has 0 spiro atoms. The van der Waals surface area contributed by atoms with E-state index < -0.39 is 6.10 Å². The molecular formula is C8H11NO2. The van der Waals surface area contributed by atoms with Crippen LogP contribution >= 0.6 is 0 Å². The molecule has 0 aromatic carbocycles. The Morgan fingerprint density at radius 2 is 2.27 bits per heavy atom. The van der Waals surface area contributed by atoms with Crippen LogP contribution in [0.2, 0.25) is 0 Å². The van der Waals surface area contributed by atoms with Gasteiger partial charge in [0.2, 0.25) is 0 Å². The van der Waals surface area contributed by atoms with Crippen molar-refractivity contribution in [3.63, 3.8) is 0 Å². The molecule has 1 unspecified atom stereocenters. The lowest BCUT2D eigenvalue weighted by atomic mass is 10.1. The number of rotatable bonds is 2. The van der Waals surface area contributed by atoms with E-state index in [1.165, 1.54) is 0 Å². The number of aliphatic hydroxyl groups is 2. The topological polar surface area (TPSA) is 52.8 Å². The normalized spacial score (nSPS) is 26.4. The third-order valence-corrected chi connectivity index (χ3v) is 1.37. The maximum atomic E-state index is 9.25. The number of hydrogen-bond acceptors (Lipinski definition) is 3. The van der Waals surface area contributed by atoms with Crippen LogP contribution in [0.4, 0.5) is 0 Å². The Morgan fingerprint density at radius 1 is 1.45 bits per heavy atom. The minimum absolute atomic E-state index is 0.0216. The van der Waals surface area contributed by atoms with E-state index in [9.17, 15) is 5.11 Å². The number of aliphatic hydroxyl groups excluding tert-OH is 2. The second-order valence-corrected chi connectivity index (χ2v) is 2.22. The van der Waals surface area contributed by atoms with Crippen molar-refractivity contribution in [3.05, 3.63) is 24.3 Å². The van der Waals surface area contributed by atoms with Crippen molar-refractivity contribution in [1.29, 1.82) is 0 Å². The summed E-state index contributed by atoms with van der Waals surface area (Å²) in [5.74, 6) is 0. The molecule has 0 bridgehead atoms. The van der Waals surface area contributed by atoms with Gasteiger partial charge in [-0.3, -0.25) is 4.99 Å². The van der Waals surface area contributed by atoms with Gasteiger partial charge in [0.25, 0.3) is 0 Å². The number of aliphatic imine (C=N–C) groups is 1. The maximum absolute atomic E-state index is 9.25. The SMILES string of the molecule is OCCN=C1C=CC=CC1O. The number of allylic oxidation sites excluding steroid dienone is 2. The minimum atomic E-state index is -0.605. The fourth-order valence-corrected chi connectivity index (χ4v) is 0.846. The van der Waals surface area contributed by atoms with Crippen LogP contribution in [0, 0.1) is 0 Å². The molecule has 2 N–H and O–H groups in total. The molecule has 11 heavy (non-hydrogen) atoms. The van der Waals surface area contributed by atoms with Crippen LogP contribution in [0.1, 0.15) is 0 Å². The average molecular weight is 153 g/mol. The van der Waals surface area contributed by atoms with Gasteiger partial charge in [-0.15, -0.1) is 0 Å². The van der Waals surface area contributed by atoms with Crippen LogP contribution in [0.25, 0.3) is 0 Å². The summed E-state index contributed by atoms with van der Waals surface area (Å²) in [6, 6.07) is 0. The Balaban J connectivity index is 2.57. The Kier molecular flexibility index (Phi) is 3.01. The highest BCUT2D eigenvalue weighted by Gasteiger charge is 2.06. The highest BCUT2D eigenvalue weighted by Crippen LogP contribution is 2.00. The van der Waals surface area contributed by atoms with E-state index in [1.54, 1.807) is 18.2 Å². The summed E-state index contributed by atoms with van der Waals surface area (Å²) in [7, 11) is 0. The summed E-state index contributed by atoms with van der Waals surface area (Å²) >= 11 is 0. The van der Waals surface area contributed by atoms with Crippen molar-refractivity contribution in [3.8, 4) is 0 Å². The van der Waals surface area contributed by atoms with Gasteiger partial charge in [-0.2, -0.15) is 0 Å². The third kappa shape index (κ3) is 2.29. The highest BCUT2D eigenvalue weighted by atomic mass is 16.3. The molecule has 0 saturated heterocycles. The van der Waals surface area contributed by atoms with Crippen LogP contribution in [0.3, 0.4) is 0 Å². The first-order valence-electron chi connectivity index (χ1n) is 3.52. The van der Waals surface area contributed by atoms with Gasteiger partial charge < -0.3 is 10.2 Å². The molecule has 0 fully saturated rings. The Morgan fingerprint density at radius 3 is 2.91 bits per heavy atom. The van der Waals surface area contributed by atoms with Crippen molar-refractivity contribution in [2.24, 2.45) is 4.99 Å². The van der Waals surface area contributed by atoms with Crippen molar-refractivity contribution < 1.29 is 10.2 Å². The number of nitrogens with zero attached hydrogens (tertiary/aromatic N) is 1. The quantitative estimate of drug-likeness (QED) is 0.582. The zero-order chi connectivity index (χ0) is 8.10. The van der Waals surface area contributed by atoms with Crippen LogP contribution in [-0.4, -0.2) is 35.2 Å². The van der Waals surface area contributed by atoms with Crippen molar-refractivity contribution >= 4 is 5.71 Å². The van der Waals surface area contributed by atoms with Gasteiger partial charge in [0.05, 0.1) is 18.9 Å². The Labute approximate surface area is 65.4 Å². The van der Waals surface area contributed by atoms with Crippen LogP contribution in [-0.2, 0) is 0 Å². The van der Waals surface area contributed by atoms with E-state index in [0.717, 1.165) is 0 Å². The fraction of sp³-hybridized carbons (Fsp3) is 0.375. The van der Waals surface area contributed by atoms with Gasteiger partial charge in [-0.1, -0.05) is 18.2 Å². The third-order valence-electron chi connectivity index (χ3n) is 1.37.